The molecule has 7 nitrogen and oxygen atoms in total. The highest BCUT2D eigenvalue weighted by molar-refractivity contribution is 5.83. The first kappa shape index (κ1) is 18.2. The number of ether oxygens (including phenoxy) is 1. The number of allylic oxidation sites excluding steroid dienone is 1. The fourth-order valence-electron chi connectivity index (χ4n) is 6.14. The lowest BCUT2D eigenvalue weighted by Gasteiger charge is -2.58. The summed E-state index contributed by atoms with van der Waals surface area (Å²) in [5.74, 6) is 0.263. The van der Waals surface area contributed by atoms with Gasteiger partial charge in [-0.05, 0) is 62.5 Å². The van der Waals surface area contributed by atoms with Crippen molar-refractivity contribution in [2.45, 2.75) is 44.1 Å². The van der Waals surface area contributed by atoms with E-state index in [4.69, 9.17) is 4.74 Å². The molecule has 2 unspecified atom stereocenters. The van der Waals surface area contributed by atoms with Crippen LogP contribution in [0.2, 0.25) is 0 Å². The second-order valence-electron chi connectivity index (χ2n) is 9.08. The monoisotopic (exact) mass is 393 g/mol. The van der Waals surface area contributed by atoms with E-state index in [1.165, 1.54) is 0 Å². The van der Waals surface area contributed by atoms with Crippen LogP contribution in [0.15, 0.2) is 30.0 Å². The third kappa shape index (κ3) is 2.99. The summed E-state index contributed by atoms with van der Waals surface area (Å²) >= 11 is 0. The highest BCUT2D eigenvalue weighted by atomic mass is 16.5. The van der Waals surface area contributed by atoms with Crippen molar-refractivity contribution in [1.82, 2.24) is 9.97 Å². The summed E-state index contributed by atoms with van der Waals surface area (Å²) in [7, 11) is 0. The fourth-order valence-corrected chi connectivity index (χ4v) is 6.14. The highest BCUT2D eigenvalue weighted by Crippen LogP contribution is 2.62. The Bertz CT molecular complexity index is 1020. The third-order valence-corrected chi connectivity index (χ3v) is 6.83. The molecule has 7 heteroatoms. The van der Waals surface area contributed by atoms with Crippen molar-refractivity contribution < 1.29 is 19.7 Å². The average molecular weight is 393 g/mol. The van der Waals surface area contributed by atoms with Crippen molar-refractivity contribution >= 4 is 22.6 Å². The van der Waals surface area contributed by atoms with Crippen molar-refractivity contribution in [2.24, 2.45) is 17.3 Å². The maximum atomic E-state index is 13.0. The van der Waals surface area contributed by atoms with Crippen molar-refractivity contribution in [1.29, 1.82) is 5.26 Å². The first-order chi connectivity index (χ1) is 13.9. The minimum absolute atomic E-state index is 0.0434. The predicted molar refractivity (Wildman–Crippen MR) is 104 cm³/mol. The van der Waals surface area contributed by atoms with Crippen molar-refractivity contribution in [2.75, 3.05) is 6.61 Å². The van der Waals surface area contributed by atoms with Crippen LogP contribution in [0.25, 0.3) is 16.6 Å². The molecule has 4 saturated carbocycles. The van der Waals surface area contributed by atoms with Gasteiger partial charge in [0.05, 0.1) is 22.0 Å². The van der Waals surface area contributed by atoms with E-state index in [0.717, 1.165) is 37.6 Å². The number of esters is 1. The van der Waals surface area contributed by atoms with E-state index in [9.17, 15) is 20.3 Å². The van der Waals surface area contributed by atoms with Gasteiger partial charge in [0.15, 0.2) is 11.6 Å². The van der Waals surface area contributed by atoms with Crippen LogP contribution in [0.5, 0.6) is 0 Å². The number of nitrogens with zero attached hydrogens (tertiary/aromatic N) is 2. The van der Waals surface area contributed by atoms with Gasteiger partial charge < -0.3 is 19.9 Å². The summed E-state index contributed by atoms with van der Waals surface area (Å²) in [5.41, 5.74) is -0.0277. The van der Waals surface area contributed by atoms with Crippen LogP contribution >= 0.6 is 0 Å². The Morgan fingerprint density at radius 1 is 1.28 bits per heavy atom. The van der Waals surface area contributed by atoms with Gasteiger partial charge in [0.25, 0.3) is 0 Å². The molecular formula is C22H23N3O4. The molecule has 0 aliphatic heterocycles. The Labute approximate surface area is 168 Å². The number of H-pyrrole nitrogens is 1. The normalized spacial score (nSPS) is 33.4. The average Bonchev–Trinajstić information content (AvgIpc) is 3.08. The number of nitriles is 1. The van der Waals surface area contributed by atoms with E-state index in [-0.39, 0.29) is 29.7 Å². The second kappa shape index (κ2) is 6.33. The summed E-state index contributed by atoms with van der Waals surface area (Å²) < 4.78 is 5.46. The molecule has 0 amide bonds. The summed E-state index contributed by atoms with van der Waals surface area (Å²) in [5, 5.41) is 30.8. The number of rotatable bonds is 4. The first-order valence-corrected chi connectivity index (χ1v) is 10.1. The maximum absolute atomic E-state index is 13.0. The van der Waals surface area contributed by atoms with Crippen LogP contribution in [-0.4, -0.2) is 38.4 Å². The number of imidazole rings is 1. The Kier molecular flexibility index (Phi) is 3.97. The zero-order valence-electron chi connectivity index (χ0n) is 16.0. The number of aliphatic hydroxyl groups excluding tert-OH is 1. The number of hydrogen-bond donors (Lipinski definition) is 3. The van der Waals surface area contributed by atoms with Crippen LogP contribution in [0.4, 0.5) is 0 Å². The first-order valence-electron chi connectivity index (χ1n) is 10.1. The molecule has 150 valence electrons. The van der Waals surface area contributed by atoms with Gasteiger partial charge in [-0.3, -0.25) is 4.79 Å². The molecule has 1 aromatic heterocycles. The molecule has 3 N–H and O–H groups in total. The summed E-state index contributed by atoms with van der Waals surface area (Å²) in [6, 6.07) is 9.27. The predicted octanol–water partition coefficient (Wildman–Crippen LogP) is 3.23. The number of aliphatic hydroxyl groups is 2. The second-order valence-corrected chi connectivity index (χ2v) is 9.08. The molecule has 29 heavy (non-hydrogen) atoms. The van der Waals surface area contributed by atoms with Crippen LogP contribution in [0.3, 0.4) is 0 Å². The molecule has 0 radical (unpaired) electrons. The Morgan fingerprint density at radius 3 is 2.66 bits per heavy atom. The zero-order valence-corrected chi connectivity index (χ0v) is 16.0. The van der Waals surface area contributed by atoms with Crippen LogP contribution in [0.1, 0.15) is 44.3 Å². The number of aromatic nitrogens is 2. The summed E-state index contributed by atoms with van der Waals surface area (Å²) in [6.07, 6.45) is 4.54. The summed E-state index contributed by atoms with van der Waals surface area (Å²) in [6.45, 7) is -0.381. The molecular weight excluding hydrogens is 370 g/mol. The Morgan fingerprint density at radius 2 is 2.00 bits per heavy atom. The quantitative estimate of drug-likeness (QED) is 0.417. The molecule has 2 aromatic rings. The van der Waals surface area contributed by atoms with Gasteiger partial charge in [-0.15, -0.1) is 0 Å². The molecule has 4 atom stereocenters. The number of benzene rings is 1. The molecule has 1 heterocycles. The number of para-hydroxylation sites is 2. The number of carbonyl (C=O) groups excluding carboxylic acids is 1. The number of carbonyl (C=O) groups is 1. The van der Waals surface area contributed by atoms with Crippen molar-refractivity contribution in [3.05, 3.63) is 35.8 Å². The van der Waals surface area contributed by atoms with E-state index in [0.29, 0.717) is 23.8 Å². The number of aromatic amines is 1. The molecule has 4 aliphatic rings. The molecule has 1 aromatic carbocycles. The minimum atomic E-state index is -0.757. The maximum Gasteiger partial charge on any atom is 0.312 e. The SMILES string of the molecule is N#C/C(=C(/O)COC(=O)C12C[C@@H]3C[C@@H](CC(O)(C3)C1)C2)c1nc2ccccc2[nH]1. The van der Waals surface area contributed by atoms with Crippen molar-refractivity contribution in [3.8, 4) is 6.07 Å². The van der Waals surface area contributed by atoms with Gasteiger partial charge in [0.1, 0.15) is 18.2 Å². The van der Waals surface area contributed by atoms with Gasteiger partial charge in [0, 0.05) is 0 Å². The molecule has 0 spiro atoms. The smallest absolute Gasteiger partial charge is 0.312 e. The van der Waals surface area contributed by atoms with Crippen LogP contribution in [-0.2, 0) is 9.53 Å². The van der Waals surface area contributed by atoms with E-state index in [1.54, 1.807) is 6.07 Å². The van der Waals surface area contributed by atoms with Gasteiger partial charge >= 0.3 is 5.97 Å². The Hall–Kier alpha value is -2.85. The molecule has 4 fully saturated rings. The van der Waals surface area contributed by atoms with Gasteiger partial charge in [-0.2, -0.15) is 5.26 Å². The molecule has 0 saturated heterocycles. The van der Waals surface area contributed by atoms with E-state index < -0.39 is 11.0 Å². The van der Waals surface area contributed by atoms with Gasteiger partial charge in [-0.1, -0.05) is 12.1 Å². The summed E-state index contributed by atoms with van der Waals surface area (Å²) in [4.78, 5) is 20.3. The van der Waals surface area contributed by atoms with Crippen molar-refractivity contribution in [3.63, 3.8) is 0 Å². The topological polar surface area (TPSA) is 119 Å². The standard InChI is InChI=1S/C22H23N3O4/c23-10-15(19-24-16-3-1-2-4-17(16)25-19)18(26)11-29-20(27)21-6-13-5-14(7-21)9-22(28,8-13)12-21/h1-4,13-14,26,28H,5-9,11-12H2,(H,24,25)/b18-15-/t13-,14+,21?,22?. The largest absolute Gasteiger partial charge is 0.507 e. The highest BCUT2D eigenvalue weighted by Gasteiger charge is 2.60. The van der Waals surface area contributed by atoms with Gasteiger partial charge in [0.2, 0.25) is 0 Å². The lowest BCUT2D eigenvalue weighted by molar-refractivity contribution is -0.195. The molecule has 4 aliphatic carbocycles. The fraction of sp³-hybridized carbons (Fsp3) is 0.500. The molecule has 6 rings (SSSR count). The third-order valence-electron chi connectivity index (χ3n) is 6.83. The van der Waals surface area contributed by atoms with E-state index in [1.807, 2.05) is 24.3 Å². The van der Waals surface area contributed by atoms with E-state index >= 15 is 0 Å². The lowest BCUT2D eigenvalue weighted by atomic mass is 9.48. The number of nitrogens with one attached hydrogen (secondary N) is 1. The van der Waals surface area contributed by atoms with Crippen LogP contribution in [0, 0.1) is 28.6 Å². The van der Waals surface area contributed by atoms with Crippen LogP contribution < -0.4 is 0 Å². The number of fused-ring (bicyclic) bond motifs is 1. The number of hydrogen-bond acceptors (Lipinski definition) is 6. The van der Waals surface area contributed by atoms with E-state index in [2.05, 4.69) is 9.97 Å². The minimum Gasteiger partial charge on any atom is -0.507 e. The molecule has 4 bridgehead atoms. The zero-order chi connectivity index (χ0) is 20.2. The Balaban J connectivity index is 1.35. The lowest BCUT2D eigenvalue weighted by Crippen LogP contribution is -2.58. The van der Waals surface area contributed by atoms with Gasteiger partial charge in [-0.25, -0.2) is 4.98 Å².